The summed E-state index contributed by atoms with van der Waals surface area (Å²) in [6.07, 6.45) is 0. The number of nitrogens with zero attached hydrogens (tertiary/aromatic N) is 1. The second kappa shape index (κ2) is 7.46. The lowest BCUT2D eigenvalue weighted by Gasteiger charge is -2.09. The van der Waals surface area contributed by atoms with Gasteiger partial charge in [-0.3, -0.25) is 9.59 Å². The molecular weight excluding hydrogens is 358 g/mol. The number of rotatable bonds is 4. The third kappa shape index (κ3) is 4.23. The van der Waals surface area contributed by atoms with E-state index in [0.29, 0.717) is 21.4 Å². The molecule has 0 aliphatic carbocycles. The number of amides is 2. The van der Waals surface area contributed by atoms with Gasteiger partial charge in [-0.25, -0.2) is 4.98 Å². The number of carbonyl (C=O) groups excluding carboxylic acids is 2. The zero-order valence-corrected chi connectivity index (χ0v) is 14.8. The highest BCUT2D eigenvalue weighted by molar-refractivity contribution is 7.12. The fourth-order valence-corrected chi connectivity index (χ4v) is 3.00. The van der Waals surface area contributed by atoms with Crippen LogP contribution in [0.25, 0.3) is 0 Å². The zero-order valence-electron chi connectivity index (χ0n) is 13.2. The van der Waals surface area contributed by atoms with Crippen LogP contribution in [0.15, 0.2) is 53.9 Å². The van der Waals surface area contributed by atoms with Gasteiger partial charge in [0.1, 0.15) is 5.82 Å². The summed E-state index contributed by atoms with van der Waals surface area (Å²) in [7, 11) is 0. The molecule has 2 N–H and O–H groups in total. The Labute approximate surface area is 153 Å². The van der Waals surface area contributed by atoms with E-state index in [1.165, 1.54) is 11.3 Å². The molecule has 0 spiro atoms. The van der Waals surface area contributed by atoms with E-state index in [1.807, 2.05) is 18.4 Å². The van der Waals surface area contributed by atoms with Crippen LogP contribution in [0.1, 0.15) is 25.7 Å². The van der Waals surface area contributed by atoms with Crippen molar-refractivity contribution in [3.8, 4) is 0 Å². The number of hydrogen-bond donors (Lipinski definition) is 2. The summed E-state index contributed by atoms with van der Waals surface area (Å²) in [5, 5.41) is 7.57. The van der Waals surface area contributed by atoms with Gasteiger partial charge in [0.2, 0.25) is 0 Å². The van der Waals surface area contributed by atoms with Crippen molar-refractivity contribution in [2.75, 3.05) is 10.6 Å². The predicted octanol–water partition coefficient (Wildman–Crippen LogP) is 4.61. The second-order valence-corrected chi connectivity index (χ2v) is 6.60. The quantitative estimate of drug-likeness (QED) is 0.703. The Morgan fingerprint density at radius 1 is 1.04 bits per heavy atom. The fraction of sp³-hybridized carbons (Fsp3) is 0.0556. The summed E-state index contributed by atoms with van der Waals surface area (Å²) < 4.78 is 0. The average Bonchev–Trinajstić information content (AvgIpc) is 3.11. The molecule has 25 heavy (non-hydrogen) atoms. The van der Waals surface area contributed by atoms with Gasteiger partial charge < -0.3 is 10.6 Å². The number of thiophene rings is 1. The molecule has 0 aliphatic rings. The van der Waals surface area contributed by atoms with Crippen LogP contribution in [-0.2, 0) is 0 Å². The van der Waals surface area contributed by atoms with Crippen molar-refractivity contribution in [3.63, 3.8) is 0 Å². The van der Waals surface area contributed by atoms with Gasteiger partial charge in [0.05, 0.1) is 15.5 Å². The van der Waals surface area contributed by atoms with E-state index in [1.54, 1.807) is 42.5 Å². The van der Waals surface area contributed by atoms with Crippen molar-refractivity contribution in [1.82, 2.24) is 4.98 Å². The highest BCUT2D eigenvalue weighted by atomic mass is 35.5. The fourth-order valence-electron chi connectivity index (χ4n) is 2.17. The Hall–Kier alpha value is -2.70. The van der Waals surface area contributed by atoms with Gasteiger partial charge in [-0.2, -0.15) is 0 Å². The molecule has 0 unspecified atom stereocenters. The van der Waals surface area contributed by atoms with Crippen LogP contribution >= 0.6 is 22.9 Å². The third-order valence-electron chi connectivity index (χ3n) is 3.34. The lowest BCUT2D eigenvalue weighted by atomic mass is 10.2. The number of halogens is 1. The molecule has 2 amide bonds. The second-order valence-electron chi connectivity index (χ2n) is 5.24. The SMILES string of the molecule is Cc1cccc(NC(=O)c2cc(NC(=O)c3cccs3)ccc2Cl)n1. The molecule has 0 aliphatic heterocycles. The molecule has 0 fully saturated rings. The Bertz CT molecular complexity index is 926. The number of aromatic nitrogens is 1. The summed E-state index contributed by atoms with van der Waals surface area (Å²) in [6.45, 7) is 1.84. The number of aryl methyl sites for hydroxylation is 1. The average molecular weight is 372 g/mol. The lowest BCUT2D eigenvalue weighted by Crippen LogP contribution is -2.15. The zero-order chi connectivity index (χ0) is 17.8. The van der Waals surface area contributed by atoms with Crippen LogP contribution in [0.2, 0.25) is 5.02 Å². The molecule has 0 radical (unpaired) electrons. The maximum Gasteiger partial charge on any atom is 0.265 e. The van der Waals surface area contributed by atoms with Crippen molar-refractivity contribution in [3.05, 3.63) is 75.1 Å². The van der Waals surface area contributed by atoms with Crippen LogP contribution in [-0.4, -0.2) is 16.8 Å². The molecule has 1 aromatic carbocycles. The Balaban J connectivity index is 1.79. The standard InChI is InChI=1S/C18H14ClN3O2S/c1-11-4-2-6-16(20-11)22-17(23)13-10-12(7-8-14(13)19)21-18(24)15-5-3-9-25-15/h2-10H,1H3,(H,21,24)(H,20,22,23). The predicted molar refractivity (Wildman–Crippen MR) is 101 cm³/mol. The molecular formula is C18H14ClN3O2S. The molecule has 5 nitrogen and oxygen atoms in total. The summed E-state index contributed by atoms with van der Waals surface area (Å²) in [4.78, 5) is 29.4. The van der Waals surface area contributed by atoms with Gasteiger partial charge >= 0.3 is 0 Å². The number of hydrogen-bond acceptors (Lipinski definition) is 4. The van der Waals surface area contributed by atoms with Gasteiger partial charge in [-0.1, -0.05) is 23.7 Å². The van der Waals surface area contributed by atoms with E-state index in [4.69, 9.17) is 11.6 Å². The molecule has 0 saturated carbocycles. The Morgan fingerprint density at radius 2 is 1.88 bits per heavy atom. The normalized spacial score (nSPS) is 10.3. The summed E-state index contributed by atoms with van der Waals surface area (Å²) in [5.41, 5.74) is 1.54. The van der Waals surface area contributed by atoms with Crippen molar-refractivity contribution in [1.29, 1.82) is 0 Å². The van der Waals surface area contributed by atoms with Crippen LogP contribution in [0.4, 0.5) is 11.5 Å². The molecule has 126 valence electrons. The first-order valence-corrected chi connectivity index (χ1v) is 8.68. The Kier molecular flexibility index (Phi) is 5.11. The lowest BCUT2D eigenvalue weighted by molar-refractivity contribution is 0.101. The summed E-state index contributed by atoms with van der Waals surface area (Å²) >= 11 is 7.47. The first-order valence-electron chi connectivity index (χ1n) is 7.42. The monoisotopic (exact) mass is 371 g/mol. The van der Waals surface area contributed by atoms with E-state index in [0.717, 1.165) is 5.69 Å². The number of benzene rings is 1. The largest absolute Gasteiger partial charge is 0.321 e. The number of nitrogens with one attached hydrogen (secondary N) is 2. The van der Waals surface area contributed by atoms with Crippen LogP contribution < -0.4 is 10.6 Å². The highest BCUT2D eigenvalue weighted by Crippen LogP contribution is 2.22. The van der Waals surface area contributed by atoms with E-state index in [9.17, 15) is 9.59 Å². The van der Waals surface area contributed by atoms with Gasteiger partial charge in [-0.05, 0) is 48.7 Å². The van der Waals surface area contributed by atoms with Gasteiger partial charge in [0.25, 0.3) is 11.8 Å². The minimum Gasteiger partial charge on any atom is -0.321 e. The van der Waals surface area contributed by atoms with E-state index in [2.05, 4.69) is 15.6 Å². The summed E-state index contributed by atoms with van der Waals surface area (Å²) in [5.74, 6) is -0.187. The first-order chi connectivity index (χ1) is 12.0. The van der Waals surface area contributed by atoms with Crippen LogP contribution in [0.3, 0.4) is 0 Å². The van der Waals surface area contributed by atoms with E-state index >= 15 is 0 Å². The highest BCUT2D eigenvalue weighted by Gasteiger charge is 2.14. The van der Waals surface area contributed by atoms with Crippen molar-refractivity contribution in [2.45, 2.75) is 6.92 Å². The smallest absolute Gasteiger partial charge is 0.265 e. The molecule has 3 aromatic rings. The van der Waals surface area contributed by atoms with Crippen molar-refractivity contribution < 1.29 is 9.59 Å². The molecule has 2 heterocycles. The maximum atomic E-state index is 12.5. The molecule has 7 heteroatoms. The van der Waals surface area contributed by atoms with Gasteiger partial charge in [0, 0.05) is 11.4 Å². The van der Waals surface area contributed by atoms with Crippen LogP contribution in [0.5, 0.6) is 0 Å². The van der Waals surface area contributed by atoms with Gasteiger partial charge in [0.15, 0.2) is 0 Å². The molecule has 2 aromatic heterocycles. The van der Waals surface area contributed by atoms with E-state index < -0.39 is 5.91 Å². The molecule has 3 rings (SSSR count). The van der Waals surface area contributed by atoms with Gasteiger partial charge in [-0.15, -0.1) is 11.3 Å². The molecule has 0 atom stereocenters. The Morgan fingerprint density at radius 3 is 2.60 bits per heavy atom. The van der Waals surface area contributed by atoms with Crippen molar-refractivity contribution in [2.24, 2.45) is 0 Å². The maximum absolute atomic E-state index is 12.5. The minimum atomic E-state index is -0.393. The number of carbonyl (C=O) groups is 2. The minimum absolute atomic E-state index is 0.232. The van der Waals surface area contributed by atoms with Crippen LogP contribution in [0, 0.1) is 6.92 Å². The first kappa shape index (κ1) is 17.1. The number of anilines is 2. The number of pyridine rings is 1. The topological polar surface area (TPSA) is 71.1 Å². The third-order valence-corrected chi connectivity index (χ3v) is 4.54. The van der Waals surface area contributed by atoms with Crippen molar-refractivity contribution >= 4 is 46.3 Å². The molecule has 0 saturated heterocycles. The summed E-state index contributed by atoms with van der Waals surface area (Å²) in [6, 6.07) is 13.6. The van der Waals surface area contributed by atoms with E-state index in [-0.39, 0.29) is 11.5 Å². The molecule has 0 bridgehead atoms.